The van der Waals surface area contributed by atoms with E-state index in [1.165, 1.54) is 18.4 Å². The molecule has 0 unspecified atom stereocenters. The minimum absolute atomic E-state index is 0.315. The SMILES string of the molecule is C=C(CCC)C(C)(C)C. The highest BCUT2D eigenvalue weighted by molar-refractivity contribution is 5.04. The van der Waals surface area contributed by atoms with Crippen LogP contribution < -0.4 is 0 Å². The molecule has 0 aliphatic rings. The molecule has 0 radical (unpaired) electrons. The van der Waals surface area contributed by atoms with E-state index >= 15 is 0 Å². The summed E-state index contributed by atoms with van der Waals surface area (Å²) in [4.78, 5) is 0. The number of hydrogen-bond donors (Lipinski definition) is 0. The standard InChI is InChI=1S/C9H18/c1-6-7-8(2)9(3,4)5/h2,6-7H2,1,3-5H3. The first-order valence-electron chi connectivity index (χ1n) is 3.66. The van der Waals surface area contributed by atoms with Crippen LogP contribution in [0.3, 0.4) is 0 Å². The van der Waals surface area contributed by atoms with Gasteiger partial charge >= 0.3 is 0 Å². The van der Waals surface area contributed by atoms with E-state index in [9.17, 15) is 0 Å². The predicted octanol–water partition coefficient (Wildman–Crippen LogP) is 3.39. The Balaban J connectivity index is 3.74. The van der Waals surface area contributed by atoms with E-state index in [2.05, 4.69) is 34.3 Å². The van der Waals surface area contributed by atoms with E-state index in [-0.39, 0.29) is 0 Å². The predicted molar refractivity (Wildman–Crippen MR) is 43.5 cm³/mol. The van der Waals surface area contributed by atoms with Gasteiger partial charge in [0, 0.05) is 0 Å². The van der Waals surface area contributed by atoms with Crippen molar-refractivity contribution in [3.8, 4) is 0 Å². The zero-order valence-corrected chi connectivity index (χ0v) is 7.12. The number of hydrogen-bond acceptors (Lipinski definition) is 0. The molecule has 0 aromatic rings. The molecule has 0 saturated heterocycles. The second-order valence-electron chi connectivity index (χ2n) is 3.60. The van der Waals surface area contributed by atoms with Crippen molar-refractivity contribution in [2.75, 3.05) is 0 Å². The lowest BCUT2D eigenvalue weighted by atomic mass is 9.85. The molecule has 0 atom stereocenters. The Hall–Kier alpha value is -0.260. The van der Waals surface area contributed by atoms with Crippen molar-refractivity contribution in [3.05, 3.63) is 12.2 Å². The largest absolute Gasteiger partial charge is 0.0993 e. The van der Waals surface area contributed by atoms with Gasteiger partial charge in [0.2, 0.25) is 0 Å². The molecule has 9 heavy (non-hydrogen) atoms. The Bertz CT molecular complexity index is 93.1. The summed E-state index contributed by atoms with van der Waals surface area (Å²) >= 11 is 0. The van der Waals surface area contributed by atoms with Crippen LogP contribution in [0.1, 0.15) is 40.5 Å². The van der Waals surface area contributed by atoms with Crippen LogP contribution in [0.15, 0.2) is 12.2 Å². The lowest BCUT2D eigenvalue weighted by Gasteiger charge is -2.20. The highest BCUT2D eigenvalue weighted by Crippen LogP contribution is 2.26. The smallest absolute Gasteiger partial charge is 0.0176 e. The van der Waals surface area contributed by atoms with E-state index in [0.29, 0.717) is 5.41 Å². The number of allylic oxidation sites excluding steroid dienone is 1. The van der Waals surface area contributed by atoms with Gasteiger partial charge in [0.05, 0.1) is 0 Å². The fraction of sp³-hybridized carbons (Fsp3) is 0.778. The molecule has 0 spiro atoms. The Labute approximate surface area is 59.0 Å². The fourth-order valence-electron chi connectivity index (χ4n) is 0.677. The summed E-state index contributed by atoms with van der Waals surface area (Å²) in [5.74, 6) is 0. The first-order chi connectivity index (χ1) is 3.98. The normalized spacial score (nSPS) is 11.6. The molecular formula is C9H18. The molecule has 0 amide bonds. The summed E-state index contributed by atoms with van der Waals surface area (Å²) in [7, 11) is 0. The van der Waals surface area contributed by atoms with Gasteiger partial charge < -0.3 is 0 Å². The van der Waals surface area contributed by atoms with Crippen LogP contribution in [0.2, 0.25) is 0 Å². The zero-order valence-electron chi connectivity index (χ0n) is 7.12. The van der Waals surface area contributed by atoms with E-state index in [4.69, 9.17) is 0 Å². The molecule has 0 N–H and O–H groups in total. The maximum atomic E-state index is 4.02. The molecule has 0 rings (SSSR count). The topological polar surface area (TPSA) is 0 Å². The highest BCUT2D eigenvalue weighted by Gasteiger charge is 2.12. The minimum atomic E-state index is 0.315. The average molecular weight is 126 g/mol. The summed E-state index contributed by atoms with van der Waals surface area (Å²) in [6.45, 7) is 12.8. The van der Waals surface area contributed by atoms with Gasteiger partial charge in [-0.2, -0.15) is 0 Å². The molecule has 0 fully saturated rings. The monoisotopic (exact) mass is 126 g/mol. The summed E-state index contributed by atoms with van der Waals surface area (Å²) < 4.78 is 0. The van der Waals surface area contributed by atoms with Crippen LogP contribution in [0.25, 0.3) is 0 Å². The molecule has 0 nitrogen and oxygen atoms in total. The first-order valence-corrected chi connectivity index (χ1v) is 3.66. The summed E-state index contributed by atoms with van der Waals surface area (Å²) in [6.07, 6.45) is 2.39. The van der Waals surface area contributed by atoms with Gasteiger partial charge in [0.1, 0.15) is 0 Å². The van der Waals surface area contributed by atoms with E-state index in [1.807, 2.05) is 0 Å². The number of rotatable bonds is 2. The quantitative estimate of drug-likeness (QED) is 0.497. The van der Waals surface area contributed by atoms with Crippen LogP contribution in [0.4, 0.5) is 0 Å². The van der Waals surface area contributed by atoms with Gasteiger partial charge in [-0.1, -0.05) is 46.3 Å². The summed E-state index contributed by atoms with van der Waals surface area (Å²) in [5, 5.41) is 0. The van der Waals surface area contributed by atoms with Crippen molar-refractivity contribution in [1.82, 2.24) is 0 Å². The van der Waals surface area contributed by atoms with Crippen molar-refractivity contribution in [3.63, 3.8) is 0 Å². The molecule has 54 valence electrons. The van der Waals surface area contributed by atoms with Crippen molar-refractivity contribution < 1.29 is 0 Å². The average Bonchev–Trinajstić information content (AvgIpc) is 1.64. The van der Waals surface area contributed by atoms with E-state index < -0.39 is 0 Å². The molecular weight excluding hydrogens is 108 g/mol. The lowest BCUT2D eigenvalue weighted by Crippen LogP contribution is -2.07. The fourth-order valence-corrected chi connectivity index (χ4v) is 0.677. The van der Waals surface area contributed by atoms with Gasteiger partial charge in [-0.05, 0) is 11.8 Å². The van der Waals surface area contributed by atoms with Crippen LogP contribution in [-0.2, 0) is 0 Å². The van der Waals surface area contributed by atoms with Gasteiger partial charge in [0.15, 0.2) is 0 Å². The molecule has 0 aliphatic heterocycles. The summed E-state index contributed by atoms with van der Waals surface area (Å²) in [5.41, 5.74) is 1.68. The van der Waals surface area contributed by atoms with Gasteiger partial charge in [0.25, 0.3) is 0 Å². The second kappa shape index (κ2) is 3.05. The Morgan fingerprint density at radius 3 is 1.89 bits per heavy atom. The van der Waals surface area contributed by atoms with Crippen molar-refractivity contribution >= 4 is 0 Å². The molecule has 0 aromatic heterocycles. The molecule has 0 heteroatoms. The van der Waals surface area contributed by atoms with Gasteiger partial charge in [-0.25, -0.2) is 0 Å². The maximum Gasteiger partial charge on any atom is -0.0176 e. The van der Waals surface area contributed by atoms with Crippen LogP contribution >= 0.6 is 0 Å². The lowest BCUT2D eigenvalue weighted by molar-refractivity contribution is 0.482. The first kappa shape index (κ1) is 8.74. The van der Waals surface area contributed by atoms with Crippen LogP contribution in [0.5, 0.6) is 0 Å². The van der Waals surface area contributed by atoms with Gasteiger partial charge in [-0.3, -0.25) is 0 Å². The third-order valence-electron chi connectivity index (χ3n) is 1.61. The van der Waals surface area contributed by atoms with Crippen molar-refractivity contribution in [2.24, 2.45) is 5.41 Å². The maximum absolute atomic E-state index is 4.02. The van der Waals surface area contributed by atoms with Crippen molar-refractivity contribution in [1.29, 1.82) is 0 Å². The molecule has 0 aromatic carbocycles. The van der Waals surface area contributed by atoms with E-state index in [1.54, 1.807) is 0 Å². The van der Waals surface area contributed by atoms with E-state index in [0.717, 1.165) is 0 Å². The Morgan fingerprint density at radius 2 is 1.78 bits per heavy atom. The van der Waals surface area contributed by atoms with Gasteiger partial charge in [-0.15, -0.1) is 0 Å². The Morgan fingerprint density at radius 1 is 1.33 bits per heavy atom. The molecule has 0 heterocycles. The Kier molecular flexibility index (Phi) is 2.96. The van der Waals surface area contributed by atoms with Crippen molar-refractivity contribution in [2.45, 2.75) is 40.5 Å². The minimum Gasteiger partial charge on any atom is -0.0993 e. The summed E-state index contributed by atoms with van der Waals surface area (Å²) in [6, 6.07) is 0. The third-order valence-corrected chi connectivity index (χ3v) is 1.61. The zero-order chi connectivity index (χ0) is 7.49. The molecule has 0 saturated carbocycles. The highest BCUT2D eigenvalue weighted by atomic mass is 14.2. The molecule has 0 bridgehead atoms. The second-order valence-corrected chi connectivity index (χ2v) is 3.60. The molecule has 0 aliphatic carbocycles. The van der Waals surface area contributed by atoms with Crippen LogP contribution in [0, 0.1) is 5.41 Å². The van der Waals surface area contributed by atoms with Crippen LogP contribution in [-0.4, -0.2) is 0 Å². The third kappa shape index (κ3) is 3.34.